The second-order valence-corrected chi connectivity index (χ2v) is 3.86. The van der Waals surface area contributed by atoms with Gasteiger partial charge in [-0.05, 0) is 24.6 Å². The SMILES string of the molecule is C[C@H](N)c1ccccc1-n1ccc(C(N)=O)n1. The molecule has 1 aromatic carbocycles. The van der Waals surface area contributed by atoms with Crippen LogP contribution in [0.5, 0.6) is 0 Å². The molecule has 0 aliphatic rings. The van der Waals surface area contributed by atoms with Gasteiger partial charge in [-0.3, -0.25) is 4.79 Å². The van der Waals surface area contributed by atoms with Crippen LogP contribution in [0.1, 0.15) is 29.0 Å². The molecule has 0 fully saturated rings. The van der Waals surface area contributed by atoms with E-state index in [1.54, 1.807) is 16.9 Å². The first-order valence-corrected chi connectivity index (χ1v) is 5.30. The number of nitrogens with two attached hydrogens (primary N) is 2. The molecule has 1 heterocycles. The van der Waals surface area contributed by atoms with Gasteiger partial charge in [-0.25, -0.2) is 4.68 Å². The lowest BCUT2D eigenvalue weighted by Gasteiger charge is -2.12. The number of primary amides is 1. The summed E-state index contributed by atoms with van der Waals surface area (Å²) in [5.74, 6) is -0.540. The van der Waals surface area contributed by atoms with Gasteiger partial charge < -0.3 is 11.5 Å². The molecule has 0 saturated carbocycles. The number of hydrogen-bond donors (Lipinski definition) is 2. The normalized spacial score (nSPS) is 12.4. The van der Waals surface area contributed by atoms with Gasteiger partial charge in [0.1, 0.15) is 5.69 Å². The molecule has 0 aliphatic heterocycles. The molecule has 17 heavy (non-hydrogen) atoms. The summed E-state index contributed by atoms with van der Waals surface area (Å²) in [7, 11) is 0. The van der Waals surface area contributed by atoms with E-state index in [0.29, 0.717) is 0 Å². The standard InChI is InChI=1S/C12H14N4O/c1-8(13)9-4-2-3-5-11(9)16-7-6-10(15-16)12(14)17/h2-8H,13H2,1H3,(H2,14,17)/t8-/m0/s1. The molecule has 0 radical (unpaired) electrons. The molecule has 0 unspecified atom stereocenters. The predicted molar refractivity (Wildman–Crippen MR) is 64.7 cm³/mol. The van der Waals surface area contributed by atoms with Crippen molar-refractivity contribution in [3.8, 4) is 5.69 Å². The molecule has 2 aromatic rings. The van der Waals surface area contributed by atoms with Crippen molar-refractivity contribution in [2.45, 2.75) is 13.0 Å². The number of rotatable bonds is 3. The van der Waals surface area contributed by atoms with Gasteiger partial charge in [0, 0.05) is 12.2 Å². The molecule has 1 atom stereocenters. The molecule has 0 saturated heterocycles. The molecular weight excluding hydrogens is 216 g/mol. The van der Waals surface area contributed by atoms with Crippen molar-refractivity contribution >= 4 is 5.91 Å². The average molecular weight is 230 g/mol. The molecule has 1 aromatic heterocycles. The Morgan fingerprint density at radius 3 is 2.65 bits per heavy atom. The third-order valence-corrected chi connectivity index (χ3v) is 2.52. The van der Waals surface area contributed by atoms with Gasteiger partial charge in [0.15, 0.2) is 0 Å². The predicted octanol–water partition coefficient (Wildman–Crippen LogP) is 0.991. The number of nitrogens with zero attached hydrogens (tertiary/aromatic N) is 2. The molecule has 5 nitrogen and oxygen atoms in total. The zero-order valence-electron chi connectivity index (χ0n) is 9.50. The van der Waals surface area contributed by atoms with Crippen molar-refractivity contribution in [1.82, 2.24) is 9.78 Å². The molecule has 0 aliphatic carbocycles. The Labute approximate surface area is 99.0 Å². The Bertz CT molecular complexity index is 545. The number of para-hydroxylation sites is 1. The molecule has 88 valence electrons. The van der Waals surface area contributed by atoms with Crippen LogP contribution < -0.4 is 11.5 Å². The summed E-state index contributed by atoms with van der Waals surface area (Å²) in [6.07, 6.45) is 1.70. The number of amides is 1. The second kappa shape index (κ2) is 4.39. The molecular formula is C12H14N4O. The first-order chi connectivity index (χ1) is 8.09. The second-order valence-electron chi connectivity index (χ2n) is 3.86. The van der Waals surface area contributed by atoms with Crippen LogP contribution in [-0.2, 0) is 0 Å². The third kappa shape index (κ3) is 2.19. The van der Waals surface area contributed by atoms with Gasteiger partial charge in [0.2, 0.25) is 0 Å². The molecule has 0 bridgehead atoms. The lowest BCUT2D eigenvalue weighted by atomic mass is 10.1. The molecule has 0 spiro atoms. The Morgan fingerprint density at radius 1 is 1.35 bits per heavy atom. The fourth-order valence-corrected chi connectivity index (χ4v) is 1.67. The maximum absolute atomic E-state index is 11.0. The van der Waals surface area contributed by atoms with E-state index in [1.807, 2.05) is 31.2 Å². The maximum Gasteiger partial charge on any atom is 0.269 e. The summed E-state index contributed by atoms with van der Waals surface area (Å²) in [6.45, 7) is 1.90. The summed E-state index contributed by atoms with van der Waals surface area (Å²) >= 11 is 0. The Balaban J connectivity index is 2.48. The van der Waals surface area contributed by atoms with Gasteiger partial charge in [-0.2, -0.15) is 5.10 Å². The largest absolute Gasteiger partial charge is 0.364 e. The van der Waals surface area contributed by atoms with Crippen LogP contribution in [0.25, 0.3) is 5.69 Å². The van der Waals surface area contributed by atoms with Gasteiger partial charge in [-0.1, -0.05) is 18.2 Å². The molecule has 4 N–H and O–H groups in total. The van der Waals surface area contributed by atoms with Crippen molar-refractivity contribution in [2.24, 2.45) is 11.5 Å². The lowest BCUT2D eigenvalue weighted by Crippen LogP contribution is -2.13. The summed E-state index contributed by atoms with van der Waals surface area (Å²) in [6, 6.07) is 9.13. The van der Waals surface area contributed by atoms with Crippen LogP contribution >= 0.6 is 0 Å². The smallest absolute Gasteiger partial charge is 0.269 e. The van der Waals surface area contributed by atoms with E-state index < -0.39 is 5.91 Å². The van der Waals surface area contributed by atoms with Gasteiger partial charge in [0.25, 0.3) is 5.91 Å². The number of carbonyl (C=O) groups excluding carboxylic acids is 1. The van der Waals surface area contributed by atoms with Gasteiger partial charge >= 0.3 is 0 Å². The van der Waals surface area contributed by atoms with Gasteiger partial charge in [-0.15, -0.1) is 0 Å². The van der Waals surface area contributed by atoms with E-state index in [1.165, 1.54) is 0 Å². The van der Waals surface area contributed by atoms with Crippen LogP contribution in [-0.4, -0.2) is 15.7 Å². The average Bonchev–Trinajstić information content (AvgIpc) is 2.78. The highest BCUT2D eigenvalue weighted by Crippen LogP contribution is 2.19. The molecule has 1 amide bonds. The van der Waals surface area contributed by atoms with E-state index in [9.17, 15) is 4.79 Å². The highest BCUT2D eigenvalue weighted by atomic mass is 16.1. The van der Waals surface area contributed by atoms with E-state index in [2.05, 4.69) is 5.10 Å². The minimum atomic E-state index is -0.540. The highest BCUT2D eigenvalue weighted by Gasteiger charge is 2.10. The van der Waals surface area contributed by atoms with E-state index in [-0.39, 0.29) is 11.7 Å². The zero-order chi connectivity index (χ0) is 12.4. The monoisotopic (exact) mass is 230 g/mol. The number of aromatic nitrogens is 2. The summed E-state index contributed by atoms with van der Waals surface area (Å²) in [4.78, 5) is 11.0. The number of benzene rings is 1. The van der Waals surface area contributed by atoms with Crippen molar-refractivity contribution in [3.63, 3.8) is 0 Å². The minimum absolute atomic E-state index is 0.104. The summed E-state index contributed by atoms with van der Waals surface area (Å²) in [5, 5.41) is 4.11. The van der Waals surface area contributed by atoms with Crippen molar-refractivity contribution < 1.29 is 4.79 Å². The third-order valence-electron chi connectivity index (χ3n) is 2.52. The van der Waals surface area contributed by atoms with Crippen molar-refractivity contribution in [1.29, 1.82) is 0 Å². The Morgan fingerprint density at radius 2 is 2.06 bits per heavy atom. The quantitative estimate of drug-likeness (QED) is 0.824. The van der Waals surface area contributed by atoms with Crippen LogP contribution in [0, 0.1) is 0 Å². The lowest BCUT2D eigenvalue weighted by molar-refractivity contribution is 0.0995. The van der Waals surface area contributed by atoms with E-state index in [0.717, 1.165) is 11.3 Å². The first-order valence-electron chi connectivity index (χ1n) is 5.30. The van der Waals surface area contributed by atoms with Crippen LogP contribution in [0.2, 0.25) is 0 Å². The minimum Gasteiger partial charge on any atom is -0.364 e. The van der Waals surface area contributed by atoms with Crippen LogP contribution in [0.15, 0.2) is 36.5 Å². The molecule has 2 rings (SSSR count). The fraction of sp³-hybridized carbons (Fsp3) is 0.167. The van der Waals surface area contributed by atoms with Crippen LogP contribution in [0.4, 0.5) is 0 Å². The maximum atomic E-state index is 11.0. The van der Waals surface area contributed by atoms with Crippen molar-refractivity contribution in [3.05, 3.63) is 47.8 Å². The van der Waals surface area contributed by atoms with E-state index >= 15 is 0 Å². The number of hydrogen-bond acceptors (Lipinski definition) is 3. The first kappa shape index (κ1) is 11.3. The Kier molecular flexibility index (Phi) is 2.93. The summed E-state index contributed by atoms with van der Waals surface area (Å²) in [5.41, 5.74) is 13.1. The number of carbonyl (C=O) groups is 1. The highest BCUT2D eigenvalue weighted by molar-refractivity contribution is 5.90. The van der Waals surface area contributed by atoms with Gasteiger partial charge in [0.05, 0.1) is 5.69 Å². The molecule has 5 heteroatoms. The Hall–Kier alpha value is -2.14. The topological polar surface area (TPSA) is 86.9 Å². The summed E-state index contributed by atoms with van der Waals surface area (Å²) < 4.78 is 1.61. The van der Waals surface area contributed by atoms with E-state index in [4.69, 9.17) is 11.5 Å². The van der Waals surface area contributed by atoms with Crippen LogP contribution in [0.3, 0.4) is 0 Å². The fourth-order valence-electron chi connectivity index (χ4n) is 1.67. The zero-order valence-corrected chi connectivity index (χ0v) is 9.50. The van der Waals surface area contributed by atoms with Crippen molar-refractivity contribution in [2.75, 3.05) is 0 Å².